The Bertz CT molecular complexity index is 307. The fourth-order valence-electron chi connectivity index (χ4n) is 1.08. The molecule has 1 aromatic rings. The lowest BCUT2D eigenvalue weighted by Crippen LogP contribution is -1.98. The summed E-state index contributed by atoms with van der Waals surface area (Å²) in [7, 11) is 0. The van der Waals surface area contributed by atoms with Gasteiger partial charge < -0.3 is 4.90 Å². The Labute approximate surface area is 69.6 Å². The molecule has 2 nitrogen and oxygen atoms in total. The Hall–Kier alpha value is -1.38. The quantitative estimate of drug-likeness (QED) is 0.602. The van der Waals surface area contributed by atoms with Gasteiger partial charge in [-0.1, -0.05) is 12.1 Å². The summed E-state index contributed by atoms with van der Waals surface area (Å²) in [6.45, 7) is 1.15. The maximum atomic E-state index is 12.4. The van der Waals surface area contributed by atoms with Crippen molar-refractivity contribution in [3.63, 3.8) is 0 Å². The fourth-order valence-corrected chi connectivity index (χ4v) is 1.08. The molecule has 0 bridgehead atoms. The molecule has 0 saturated carbocycles. The molecule has 2 rings (SSSR count). The molecule has 1 fully saturated rings. The molecule has 1 heterocycles. The predicted molar refractivity (Wildman–Crippen MR) is 41.8 cm³/mol. The first-order valence-corrected chi connectivity index (χ1v) is 3.78. The Morgan fingerprint density at radius 2 is 1.92 bits per heavy atom. The minimum Gasteiger partial charge on any atom is -0.328 e. The van der Waals surface area contributed by atoms with Gasteiger partial charge in [-0.3, -0.25) is 4.79 Å². The standard InChI is InChI=1S/C9H8FNO/c10-8-3-1-7(2-4-8)5-11-6-9(11)12/h1-4H,5-6H2. The van der Waals surface area contributed by atoms with E-state index in [1.807, 2.05) is 0 Å². The molecule has 62 valence electrons. The lowest BCUT2D eigenvalue weighted by atomic mass is 10.2. The van der Waals surface area contributed by atoms with Gasteiger partial charge in [0.2, 0.25) is 5.91 Å². The van der Waals surface area contributed by atoms with E-state index in [4.69, 9.17) is 0 Å². The monoisotopic (exact) mass is 165 g/mol. The number of carbonyl (C=O) groups is 1. The van der Waals surface area contributed by atoms with Gasteiger partial charge >= 0.3 is 0 Å². The van der Waals surface area contributed by atoms with Gasteiger partial charge in [0, 0.05) is 6.54 Å². The zero-order valence-electron chi connectivity index (χ0n) is 6.46. The van der Waals surface area contributed by atoms with Gasteiger partial charge in [0.05, 0.1) is 0 Å². The average molecular weight is 165 g/mol. The SMILES string of the molecule is O=C1CN1Cc1ccc(F)cc1. The van der Waals surface area contributed by atoms with Gasteiger partial charge in [-0.25, -0.2) is 4.39 Å². The van der Waals surface area contributed by atoms with Crippen LogP contribution in [0, 0.1) is 5.82 Å². The van der Waals surface area contributed by atoms with Crippen molar-refractivity contribution in [2.75, 3.05) is 6.54 Å². The molecule has 0 radical (unpaired) electrons. The van der Waals surface area contributed by atoms with Crippen molar-refractivity contribution in [2.24, 2.45) is 0 Å². The summed E-state index contributed by atoms with van der Waals surface area (Å²) >= 11 is 0. The summed E-state index contributed by atoms with van der Waals surface area (Å²) < 4.78 is 12.4. The third kappa shape index (κ3) is 1.44. The zero-order valence-corrected chi connectivity index (χ0v) is 6.46. The van der Waals surface area contributed by atoms with Crippen LogP contribution in [0.2, 0.25) is 0 Å². The summed E-state index contributed by atoms with van der Waals surface area (Å²) in [6, 6.07) is 6.20. The van der Waals surface area contributed by atoms with Crippen molar-refractivity contribution in [1.29, 1.82) is 0 Å². The van der Waals surface area contributed by atoms with Gasteiger partial charge in [-0.05, 0) is 17.7 Å². The number of nitrogens with zero attached hydrogens (tertiary/aromatic N) is 1. The highest BCUT2D eigenvalue weighted by molar-refractivity contribution is 5.92. The summed E-state index contributed by atoms with van der Waals surface area (Å²) in [5, 5.41) is 0. The Morgan fingerprint density at radius 1 is 1.33 bits per heavy atom. The second-order valence-corrected chi connectivity index (χ2v) is 2.88. The molecule has 1 amide bonds. The van der Waals surface area contributed by atoms with E-state index < -0.39 is 0 Å². The highest BCUT2D eigenvalue weighted by Gasteiger charge is 2.29. The number of rotatable bonds is 2. The summed E-state index contributed by atoms with van der Waals surface area (Å²) in [5.74, 6) is -0.0739. The first-order chi connectivity index (χ1) is 5.75. The minimum absolute atomic E-state index is 0.166. The topological polar surface area (TPSA) is 20.1 Å². The molecular formula is C9H8FNO. The van der Waals surface area contributed by atoms with Crippen LogP contribution in [0.4, 0.5) is 4.39 Å². The highest BCUT2D eigenvalue weighted by atomic mass is 19.1. The highest BCUT2D eigenvalue weighted by Crippen LogP contribution is 2.13. The molecule has 1 aliphatic heterocycles. The number of amides is 1. The molecule has 1 saturated heterocycles. The second-order valence-electron chi connectivity index (χ2n) is 2.88. The van der Waals surface area contributed by atoms with Crippen molar-refractivity contribution in [3.8, 4) is 0 Å². The first kappa shape index (κ1) is 7.28. The normalized spacial score (nSPS) is 15.1. The van der Waals surface area contributed by atoms with Crippen LogP contribution in [0.3, 0.4) is 0 Å². The van der Waals surface area contributed by atoms with Crippen LogP contribution in [0.1, 0.15) is 5.56 Å². The lowest BCUT2D eigenvalue weighted by Gasteiger charge is -1.99. The summed E-state index contributed by atoms with van der Waals surface area (Å²) in [5.41, 5.74) is 0.974. The molecule has 0 atom stereocenters. The zero-order chi connectivity index (χ0) is 8.55. The average Bonchev–Trinajstić information content (AvgIpc) is 2.72. The molecule has 0 aromatic heterocycles. The van der Waals surface area contributed by atoms with Gasteiger partial charge in [-0.15, -0.1) is 0 Å². The maximum absolute atomic E-state index is 12.4. The molecule has 12 heavy (non-hydrogen) atoms. The largest absolute Gasteiger partial charge is 0.328 e. The number of halogens is 1. The molecule has 1 aliphatic rings. The van der Waals surface area contributed by atoms with E-state index in [0.717, 1.165) is 5.56 Å². The summed E-state index contributed by atoms with van der Waals surface area (Å²) in [4.78, 5) is 12.3. The van der Waals surface area contributed by atoms with Crippen LogP contribution in [-0.2, 0) is 11.3 Å². The van der Waals surface area contributed by atoms with E-state index in [-0.39, 0.29) is 11.7 Å². The van der Waals surface area contributed by atoms with E-state index in [0.29, 0.717) is 13.1 Å². The molecular weight excluding hydrogens is 157 g/mol. The van der Waals surface area contributed by atoms with Crippen LogP contribution in [0.5, 0.6) is 0 Å². The second kappa shape index (κ2) is 2.59. The molecule has 0 unspecified atom stereocenters. The van der Waals surface area contributed by atoms with Gasteiger partial charge in [-0.2, -0.15) is 0 Å². The van der Waals surface area contributed by atoms with E-state index in [2.05, 4.69) is 0 Å². The first-order valence-electron chi connectivity index (χ1n) is 3.78. The Kier molecular flexibility index (Phi) is 1.57. The Morgan fingerprint density at radius 3 is 2.42 bits per heavy atom. The van der Waals surface area contributed by atoms with E-state index >= 15 is 0 Å². The Balaban J connectivity index is 2.04. The third-order valence-corrected chi connectivity index (χ3v) is 1.86. The van der Waals surface area contributed by atoms with Crippen LogP contribution >= 0.6 is 0 Å². The molecule has 0 N–H and O–H groups in total. The summed E-state index contributed by atoms with van der Waals surface area (Å²) in [6.07, 6.45) is 0. The number of hydrogen-bond acceptors (Lipinski definition) is 1. The fraction of sp³-hybridized carbons (Fsp3) is 0.222. The molecule has 3 heteroatoms. The maximum Gasteiger partial charge on any atom is 0.242 e. The molecule has 1 aromatic carbocycles. The smallest absolute Gasteiger partial charge is 0.242 e. The number of benzene rings is 1. The van der Waals surface area contributed by atoms with E-state index in [1.165, 1.54) is 12.1 Å². The van der Waals surface area contributed by atoms with Crippen LogP contribution in [0.15, 0.2) is 24.3 Å². The van der Waals surface area contributed by atoms with Crippen molar-refractivity contribution >= 4 is 5.91 Å². The molecule has 0 aliphatic carbocycles. The minimum atomic E-state index is -0.240. The van der Waals surface area contributed by atoms with E-state index in [1.54, 1.807) is 17.0 Å². The van der Waals surface area contributed by atoms with Crippen molar-refractivity contribution in [1.82, 2.24) is 4.90 Å². The van der Waals surface area contributed by atoms with E-state index in [9.17, 15) is 9.18 Å². The van der Waals surface area contributed by atoms with Crippen LogP contribution in [0.25, 0.3) is 0 Å². The number of carbonyl (C=O) groups excluding carboxylic acids is 1. The van der Waals surface area contributed by atoms with Gasteiger partial charge in [0.15, 0.2) is 0 Å². The van der Waals surface area contributed by atoms with Crippen LogP contribution in [-0.4, -0.2) is 17.4 Å². The van der Waals surface area contributed by atoms with Gasteiger partial charge in [0.25, 0.3) is 0 Å². The molecule has 0 spiro atoms. The van der Waals surface area contributed by atoms with Crippen molar-refractivity contribution in [3.05, 3.63) is 35.6 Å². The van der Waals surface area contributed by atoms with Crippen molar-refractivity contribution < 1.29 is 9.18 Å². The van der Waals surface area contributed by atoms with Crippen molar-refractivity contribution in [2.45, 2.75) is 6.54 Å². The third-order valence-electron chi connectivity index (χ3n) is 1.86. The lowest BCUT2D eigenvalue weighted by molar-refractivity contribution is -0.113. The van der Waals surface area contributed by atoms with Crippen LogP contribution < -0.4 is 0 Å². The predicted octanol–water partition coefficient (Wildman–Crippen LogP) is 1.17. The number of hydrogen-bond donors (Lipinski definition) is 0. The van der Waals surface area contributed by atoms with Gasteiger partial charge in [0.1, 0.15) is 12.4 Å².